The number of rotatable bonds is 21. The van der Waals surface area contributed by atoms with Gasteiger partial charge in [0.1, 0.15) is 31.7 Å². The second-order valence-corrected chi connectivity index (χ2v) is 8.47. The summed E-state index contributed by atoms with van der Waals surface area (Å²) in [5, 5.41) is 15.3. The predicted octanol–water partition coefficient (Wildman–Crippen LogP) is 3.18. The van der Waals surface area contributed by atoms with Gasteiger partial charge < -0.3 is 39.4 Å². The lowest BCUT2D eigenvalue weighted by atomic mass is 10.2. The second kappa shape index (κ2) is 21.8. The Kier molecular flexibility index (Phi) is 18.5. The van der Waals surface area contributed by atoms with Gasteiger partial charge in [-0.2, -0.15) is 0 Å². The maximum atomic E-state index is 12.0. The summed E-state index contributed by atoms with van der Waals surface area (Å²) in [6, 6.07) is 6.91. The van der Waals surface area contributed by atoms with Crippen molar-refractivity contribution in [3.63, 3.8) is 0 Å². The van der Waals surface area contributed by atoms with Crippen LogP contribution in [-0.4, -0.2) is 74.9 Å². The third kappa shape index (κ3) is 17.4. The largest absolute Gasteiger partial charge is 0.490 e. The van der Waals surface area contributed by atoms with Crippen LogP contribution in [0.2, 0.25) is 0 Å². The third-order valence-corrected chi connectivity index (χ3v) is 5.17. The first-order valence-electron chi connectivity index (χ1n) is 13.1. The van der Waals surface area contributed by atoms with Crippen LogP contribution in [0, 0.1) is 0 Å². The number of unbranched alkanes of at least 4 members (excludes halogenated alkanes) is 4. The molecular formula is C28H40N2O10. The van der Waals surface area contributed by atoms with Crippen molar-refractivity contribution in [3.8, 4) is 5.75 Å². The molecule has 1 aromatic rings. The zero-order valence-electron chi connectivity index (χ0n) is 22.8. The van der Waals surface area contributed by atoms with E-state index >= 15 is 0 Å². The van der Waals surface area contributed by atoms with Crippen molar-refractivity contribution in [2.75, 3.05) is 39.5 Å². The number of para-hydroxylation sites is 1. The van der Waals surface area contributed by atoms with Gasteiger partial charge in [-0.3, -0.25) is 0 Å². The zero-order chi connectivity index (χ0) is 29.4. The minimum Gasteiger partial charge on any atom is -0.490 e. The van der Waals surface area contributed by atoms with Gasteiger partial charge in [0.25, 0.3) is 0 Å². The normalized spacial score (nSPS) is 10.9. The van der Waals surface area contributed by atoms with E-state index < -0.39 is 30.2 Å². The van der Waals surface area contributed by atoms with E-state index in [1.807, 2.05) is 0 Å². The van der Waals surface area contributed by atoms with E-state index in [4.69, 9.17) is 23.7 Å². The van der Waals surface area contributed by atoms with Crippen molar-refractivity contribution in [3.05, 3.63) is 55.1 Å². The highest BCUT2D eigenvalue weighted by molar-refractivity contribution is 5.81. The Labute approximate surface area is 234 Å². The minimum atomic E-state index is -1.07. The summed E-state index contributed by atoms with van der Waals surface area (Å²) in [5.74, 6) is -0.496. The summed E-state index contributed by atoms with van der Waals surface area (Å²) in [7, 11) is 0. The molecule has 0 bridgehead atoms. The van der Waals surface area contributed by atoms with Gasteiger partial charge in [-0.1, -0.05) is 31.4 Å². The number of aliphatic hydroxyl groups excluding tert-OH is 1. The molecule has 3 N–H and O–H groups in total. The fraction of sp³-hybridized carbons (Fsp3) is 0.500. The van der Waals surface area contributed by atoms with Crippen LogP contribution in [0.25, 0.3) is 0 Å². The first kappa shape index (κ1) is 34.0. The number of amides is 2. The molecule has 2 amide bonds. The van der Waals surface area contributed by atoms with Gasteiger partial charge in [-0.05, 0) is 44.6 Å². The summed E-state index contributed by atoms with van der Waals surface area (Å²) in [6.45, 7) is 7.60. The van der Waals surface area contributed by atoms with E-state index in [0.717, 1.165) is 25.0 Å². The molecule has 0 aliphatic heterocycles. The SMILES string of the molecule is C=CC(=O)OCCCCCNC(=O)OCc1ccccc1OCC(O)COC(=O)NCCCCCOC(=O)C=C. The van der Waals surface area contributed by atoms with Crippen molar-refractivity contribution < 1.29 is 48.0 Å². The lowest BCUT2D eigenvalue weighted by molar-refractivity contribution is -0.138. The van der Waals surface area contributed by atoms with Crippen molar-refractivity contribution in [2.24, 2.45) is 0 Å². The molecular weight excluding hydrogens is 524 g/mol. The average molecular weight is 565 g/mol. The molecule has 0 radical (unpaired) electrons. The van der Waals surface area contributed by atoms with Gasteiger partial charge in [0, 0.05) is 30.8 Å². The average Bonchev–Trinajstić information content (AvgIpc) is 2.96. The van der Waals surface area contributed by atoms with Crippen LogP contribution in [0.1, 0.15) is 44.1 Å². The summed E-state index contributed by atoms with van der Waals surface area (Å²) >= 11 is 0. The number of alkyl carbamates (subject to hydrolysis) is 2. The molecule has 0 saturated heterocycles. The predicted molar refractivity (Wildman–Crippen MR) is 145 cm³/mol. The molecule has 0 aliphatic rings. The van der Waals surface area contributed by atoms with Crippen LogP contribution >= 0.6 is 0 Å². The highest BCUT2D eigenvalue weighted by atomic mass is 16.6. The number of benzene rings is 1. The van der Waals surface area contributed by atoms with Crippen LogP contribution in [0.5, 0.6) is 5.75 Å². The molecule has 0 saturated carbocycles. The lowest BCUT2D eigenvalue weighted by Gasteiger charge is -2.15. The molecule has 1 atom stereocenters. The van der Waals surface area contributed by atoms with Crippen LogP contribution in [0.15, 0.2) is 49.6 Å². The Balaban J connectivity index is 2.18. The Morgan fingerprint density at radius 2 is 1.30 bits per heavy atom. The second-order valence-electron chi connectivity index (χ2n) is 8.47. The van der Waals surface area contributed by atoms with Gasteiger partial charge in [0.05, 0.1) is 13.2 Å². The van der Waals surface area contributed by atoms with E-state index in [0.29, 0.717) is 63.3 Å². The molecule has 1 rings (SSSR count). The fourth-order valence-corrected chi connectivity index (χ4v) is 3.07. The topological polar surface area (TPSA) is 159 Å². The number of carbonyl (C=O) groups is 4. The minimum absolute atomic E-state index is 0.0365. The number of ether oxygens (including phenoxy) is 5. The van der Waals surface area contributed by atoms with Gasteiger partial charge in [0.15, 0.2) is 0 Å². The molecule has 0 fully saturated rings. The number of aliphatic hydroxyl groups is 1. The summed E-state index contributed by atoms with van der Waals surface area (Å²) in [6.07, 6.45) is 4.16. The van der Waals surface area contributed by atoms with Crippen LogP contribution in [0.4, 0.5) is 9.59 Å². The Morgan fingerprint density at radius 3 is 1.88 bits per heavy atom. The molecule has 1 unspecified atom stereocenters. The maximum Gasteiger partial charge on any atom is 0.407 e. The summed E-state index contributed by atoms with van der Waals surface area (Å²) in [4.78, 5) is 45.6. The van der Waals surface area contributed by atoms with E-state index in [2.05, 4.69) is 23.8 Å². The van der Waals surface area contributed by atoms with Crippen molar-refractivity contribution in [1.82, 2.24) is 10.6 Å². The maximum absolute atomic E-state index is 12.0. The third-order valence-electron chi connectivity index (χ3n) is 5.17. The monoisotopic (exact) mass is 564 g/mol. The lowest BCUT2D eigenvalue weighted by Crippen LogP contribution is -2.31. The number of esters is 2. The van der Waals surface area contributed by atoms with E-state index in [1.54, 1.807) is 24.3 Å². The fourth-order valence-electron chi connectivity index (χ4n) is 3.07. The summed E-state index contributed by atoms with van der Waals surface area (Å²) < 4.78 is 25.6. The Morgan fingerprint density at radius 1 is 0.750 bits per heavy atom. The van der Waals surface area contributed by atoms with Gasteiger partial charge >= 0.3 is 24.1 Å². The van der Waals surface area contributed by atoms with Gasteiger partial charge in [-0.25, -0.2) is 19.2 Å². The van der Waals surface area contributed by atoms with Crippen LogP contribution < -0.4 is 15.4 Å². The molecule has 0 spiro atoms. The molecule has 12 nitrogen and oxygen atoms in total. The van der Waals surface area contributed by atoms with Gasteiger partial charge in [-0.15, -0.1) is 0 Å². The molecule has 40 heavy (non-hydrogen) atoms. The number of carbonyl (C=O) groups excluding carboxylic acids is 4. The first-order chi connectivity index (χ1) is 19.3. The quantitative estimate of drug-likeness (QED) is 0.0876. The van der Waals surface area contributed by atoms with E-state index in [-0.39, 0.29) is 19.8 Å². The Hall–Kier alpha value is -4.06. The number of hydrogen-bond donors (Lipinski definition) is 3. The zero-order valence-corrected chi connectivity index (χ0v) is 22.8. The van der Waals surface area contributed by atoms with Crippen LogP contribution in [-0.2, 0) is 35.1 Å². The van der Waals surface area contributed by atoms with E-state index in [9.17, 15) is 24.3 Å². The van der Waals surface area contributed by atoms with Crippen molar-refractivity contribution in [2.45, 2.75) is 51.2 Å². The van der Waals surface area contributed by atoms with Crippen molar-refractivity contribution in [1.29, 1.82) is 0 Å². The highest BCUT2D eigenvalue weighted by Crippen LogP contribution is 2.19. The summed E-state index contributed by atoms with van der Waals surface area (Å²) in [5.41, 5.74) is 0.604. The molecule has 0 heterocycles. The van der Waals surface area contributed by atoms with Crippen LogP contribution in [0.3, 0.4) is 0 Å². The van der Waals surface area contributed by atoms with E-state index in [1.165, 1.54) is 0 Å². The number of nitrogens with one attached hydrogen (secondary N) is 2. The smallest absolute Gasteiger partial charge is 0.407 e. The highest BCUT2D eigenvalue weighted by Gasteiger charge is 2.12. The van der Waals surface area contributed by atoms with Crippen molar-refractivity contribution >= 4 is 24.1 Å². The van der Waals surface area contributed by atoms with Gasteiger partial charge in [0.2, 0.25) is 0 Å². The molecule has 12 heteroatoms. The Bertz CT molecular complexity index is 937. The number of hydrogen-bond acceptors (Lipinski definition) is 10. The molecule has 0 aromatic heterocycles. The standard InChI is InChI=1S/C28H40N2O10/c1-3-25(32)36-17-11-5-9-15-29-27(34)39-19-22-13-7-8-14-24(22)38-20-23(31)21-40-28(35)30-16-10-6-12-18-37-26(33)4-2/h3-4,7-8,13-14,23,31H,1-2,5-6,9-12,15-21H2,(H,29,34)(H,30,35). The molecule has 1 aromatic carbocycles. The molecule has 222 valence electrons. The molecule has 0 aliphatic carbocycles. The first-order valence-corrected chi connectivity index (χ1v) is 13.1.